The van der Waals surface area contributed by atoms with Gasteiger partial charge in [0.05, 0.1) is 13.2 Å². The summed E-state index contributed by atoms with van der Waals surface area (Å²) in [7, 11) is 1.31. The van der Waals surface area contributed by atoms with E-state index in [1.54, 1.807) is 12.1 Å². The maximum absolute atomic E-state index is 11.2. The Morgan fingerprint density at radius 2 is 2.32 bits per heavy atom. The van der Waals surface area contributed by atoms with Crippen LogP contribution in [0.15, 0.2) is 12.1 Å². The molecule has 0 aromatic carbocycles. The predicted octanol–water partition coefficient (Wildman–Crippen LogP) is 1.23. The van der Waals surface area contributed by atoms with Gasteiger partial charge in [0.15, 0.2) is 5.69 Å². The number of aromatic nitrogens is 2. The number of nitrogens with one attached hydrogen (secondary N) is 1. The number of rotatable bonds is 4. The van der Waals surface area contributed by atoms with Crippen molar-refractivity contribution in [3.05, 3.63) is 17.8 Å². The number of carbonyl (C=O) groups is 1. The summed E-state index contributed by atoms with van der Waals surface area (Å²) in [6, 6.07) is 3.29. The number of nitrogens with zero attached hydrogens (tertiary/aromatic N) is 2. The van der Waals surface area contributed by atoms with E-state index in [-0.39, 0.29) is 11.8 Å². The third-order valence-electron chi connectivity index (χ3n) is 3.39. The van der Waals surface area contributed by atoms with E-state index in [9.17, 15) is 9.90 Å². The first-order valence-corrected chi connectivity index (χ1v) is 6.53. The van der Waals surface area contributed by atoms with E-state index in [0.717, 1.165) is 32.2 Å². The fourth-order valence-corrected chi connectivity index (χ4v) is 2.34. The predicted molar refractivity (Wildman–Crippen MR) is 69.8 cm³/mol. The summed E-state index contributed by atoms with van der Waals surface area (Å²) in [5, 5.41) is 20.5. The number of aliphatic hydroxyl groups excluding tert-OH is 1. The summed E-state index contributed by atoms with van der Waals surface area (Å²) >= 11 is 0. The van der Waals surface area contributed by atoms with Crippen molar-refractivity contribution < 1.29 is 14.6 Å². The third kappa shape index (κ3) is 3.89. The third-order valence-corrected chi connectivity index (χ3v) is 3.39. The van der Waals surface area contributed by atoms with E-state index in [1.165, 1.54) is 7.11 Å². The van der Waals surface area contributed by atoms with Crippen LogP contribution in [0, 0.1) is 5.92 Å². The molecule has 1 saturated carbocycles. The van der Waals surface area contributed by atoms with Gasteiger partial charge in [0.1, 0.15) is 5.82 Å². The van der Waals surface area contributed by atoms with Gasteiger partial charge in [-0.05, 0) is 37.3 Å². The Morgan fingerprint density at radius 3 is 2.95 bits per heavy atom. The molecule has 1 aliphatic rings. The van der Waals surface area contributed by atoms with Gasteiger partial charge in [0.25, 0.3) is 0 Å². The van der Waals surface area contributed by atoms with Crippen LogP contribution in [0.25, 0.3) is 0 Å². The molecule has 0 spiro atoms. The lowest BCUT2D eigenvalue weighted by Crippen LogP contribution is -2.25. The number of ether oxygens (including phenoxy) is 1. The molecule has 0 saturated heterocycles. The second-order valence-electron chi connectivity index (χ2n) is 4.86. The van der Waals surface area contributed by atoms with Gasteiger partial charge >= 0.3 is 5.97 Å². The number of methoxy groups -OCH3 is 1. The zero-order valence-corrected chi connectivity index (χ0v) is 11.0. The van der Waals surface area contributed by atoms with Gasteiger partial charge in [-0.2, -0.15) is 0 Å². The van der Waals surface area contributed by atoms with Crippen LogP contribution >= 0.6 is 0 Å². The summed E-state index contributed by atoms with van der Waals surface area (Å²) in [5.41, 5.74) is 0.195. The SMILES string of the molecule is COC(=O)c1ccc(NCC2CCCC(O)C2)nn1. The number of esters is 1. The highest BCUT2D eigenvalue weighted by Crippen LogP contribution is 2.24. The largest absolute Gasteiger partial charge is 0.464 e. The van der Waals surface area contributed by atoms with Crippen molar-refractivity contribution in [2.45, 2.75) is 31.8 Å². The lowest BCUT2D eigenvalue weighted by Gasteiger charge is -2.25. The van der Waals surface area contributed by atoms with Gasteiger partial charge in [0.2, 0.25) is 0 Å². The molecule has 6 nitrogen and oxygen atoms in total. The summed E-state index contributed by atoms with van der Waals surface area (Å²) in [6.45, 7) is 0.767. The van der Waals surface area contributed by atoms with E-state index in [0.29, 0.717) is 11.7 Å². The Hall–Kier alpha value is -1.69. The van der Waals surface area contributed by atoms with Crippen LogP contribution < -0.4 is 5.32 Å². The fourth-order valence-electron chi connectivity index (χ4n) is 2.34. The average molecular weight is 265 g/mol. The molecule has 104 valence electrons. The fraction of sp³-hybridized carbons (Fsp3) is 0.615. The smallest absolute Gasteiger partial charge is 0.358 e. The van der Waals surface area contributed by atoms with Gasteiger partial charge in [-0.1, -0.05) is 6.42 Å². The zero-order valence-electron chi connectivity index (χ0n) is 11.0. The highest BCUT2D eigenvalue weighted by Gasteiger charge is 2.19. The highest BCUT2D eigenvalue weighted by atomic mass is 16.5. The Kier molecular flexibility index (Phi) is 4.68. The Labute approximate surface area is 112 Å². The number of carbonyl (C=O) groups excluding carboxylic acids is 1. The Balaban J connectivity index is 1.84. The molecule has 1 aromatic heterocycles. The molecule has 0 aliphatic heterocycles. The van der Waals surface area contributed by atoms with Crippen molar-refractivity contribution in [2.24, 2.45) is 5.92 Å². The van der Waals surface area contributed by atoms with Gasteiger partial charge in [-0.25, -0.2) is 4.79 Å². The number of hydrogen-bond donors (Lipinski definition) is 2. The molecule has 1 fully saturated rings. The van der Waals surface area contributed by atoms with Crippen LogP contribution in [0.4, 0.5) is 5.82 Å². The molecule has 2 N–H and O–H groups in total. The molecule has 2 rings (SSSR count). The van der Waals surface area contributed by atoms with E-state index in [4.69, 9.17) is 0 Å². The van der Waals surface area contributed by atoms with E-state index in [1.807, 2.05) is 0 Å². The van der Waals surface area contributed by atoms with E-state index >= 15 is 0 Å². The molecule has 0 radical (unpaired) electrons. The molecule has 2 unspecified atom stereocenters. The average Bonchev–Trinajstić information content (AvgIpc) is 2.45. The summed E-state index contributed by atoms with van der Waals surface area (Å²) < 4.78 is 4.55. The first-order chi connectivity index (χ1) is 9.19. The molecule has 0 bridgehead atoms. The maximum Gasteiger partial charge on any atom is 0.358 e. The van der Waals surface area contributed by atoms with Gasteiger partial charge in [-0.3, -0.25) is 0 Å². The molecular weight excluding hydrogens is 246 g/mol. The van der Waals surface area contributed by atoms with Crippen LogP contribution in [-0.2, 0) is 4.74 Å². The number of aliphatic hydroxyl groups is 1. The molecule has 1 heterocycles. The van der Waals surface area contributed by atoms with E-state index < -0.39 is 5.97 Å². The number of hydrogen-bond acceptors (Lipinski definition) is 6. The summed E-state index contributed by atoms with van der Waals surface area (Å²) in [4.78, 5) is 11.2. The van der Waals surface area contributed by atoms with Crippen molar-refractivity contribution in [1.29, 1.82) is 0 Å². The normalized spacial score (nSPS) is 22.8. The minimum absolute atomic E-state index is 0.173. The lowest BCUT2D eigenvalue weighted by molar-refractivity contribution is 0.0592. The molecule has 1 aromatic rings. The topological polar surface area (TPSA) is 84.3 Å². The first-order valence-electron chi connectivity index (χ1n) is 6.53. The first kappa shape index (κ1) is 13.7. The Morgan fingerprint density at radius 1 is 1.47 bits per heavy atom. The second-order valence-corrected chi connectivity index (χ2v) is 4.86. The van der Waals surface area contributed by atoms with Crippen molar-refractivity contribution in [2.75, 3.05) is 19.0 Å². The molecule has 2 atom stereocenters. The van der Waals surface area contributed by atoms with Crippen molar-refractivity contribution in [3.63, 3.8) is 0 Å². The molecule has 1 aliphatic carbocycles. The molecule has 6 heteroatoms. The van der Waals surface area contributed by atoms with E-state index in [2.05, 4.69) is 20.3 Å². The number of anilines is 1. The van der Waals surface area contributed by atoms with Crippen molar-refractivity contribution >= 4 is 11.8 Å². The maximum atomic E-state index is 11.2. The minimum Gasteiger partial charge on any atom is -0.464 e. The zero-order chi connectivity index (χ0) is 13.7. The Bertz CT molecular complexity index is 422. The van der Waals surface area contributed by atoms with Gasteiger partial charge in [0, 0.05) is 6.54 Å². The minimum atomic E-state index is -0.491. The van der Waals surface area contributed by atoms with Crippen LogP contribution in [0.1, 0.15) is 36.2 Å². The molecule has 0 amide bonds. The summed E-state index contributed by atoms with van der Waals surface area (Å²) in [6.07, 6.45) is 3.76. The highest BCUT2D eigenvalue weighted by molar-refractivity contribution is 5.86. The standard InChI is InChI=1S/C13H19N3O3/c1-19-13(18)11-5-6-12(16-15-11)14-8-9-3-2-4-10(17)7-9/h5-6,9-10,17H,2-4,7-8H2,1H3,(H,14,16). The molecular formula is C13H19N3O3. The van der Waals surface area contributed by atoms with Crippen LogP contribution in [0.5, 0.6) is 0 Å². The second kappa shape index (κ2) is 6.47. The van der Waals surface area contributed by atoms with Gasteiger partial charge in [-0.15, -0.1) is 10.2 Å². The van der Waals surface area contributed by atoms with Gasteiger partial charge < -0.3 is 15.2 Å². The van der Waals surface area contributed by atoms with Crippen molar-refractivity contribution in [3.8, 4) is 0 Å². The monoisotopic (exact) mass is 265 g/mol. The molecule has 19 heavy (non-hydrogen) atoms. The van der Waals surface area contributed by atoms with Crippen LogP contribution in [0.3, 0.4) is 0 Å². The summed E-state index contributed by atoms with van der Waals surface area (Å²) in [5.74, 6) is 0.605. The van der Waals surface area contributed by atoms with Crippen molar-refractivity contribution in [1.82, 2.24) is 10.2 Å². The van der Waals surface area contributed by atoms with Crippen LogP contribution in [-0.4, -0.2) is 41.0 Å². The lowest BCUT2D eigenvalue weighted by atomic mass is 9.87. The quantitative estimate of drug-likeness (QED) is 0.796. The van der Waals surface area contributed by atoms with Crippen LogP contribution in [0.2, 0.25) is 0 Å².